The van der Waals surface area contributed by atoms with Gasteiger partial charge in [0.2, 0.25) is 0 Å². The van der Waals surface area contributed by atoms with Gasteiger partial charge in [-0.25, -0.2) is 4.39 Å². The lowest BCUT2D eigenvalue weighted by Gasteiger charge is -2.33. The zero-order valence-electron chi connectivity index (χ0n) is 18.4. The van der Waals surface area contributed by atoms with Crippen LogP contribution in [0.5, 0.6) is 5.75 Å². The van der Waals surface area contributed by atoms with Gasteiger partial charge >= 0.3 is 0 Å². The number of hydrogen-bond acceptors (Lipinski definition) is 2. The fourth-order valence-electron chi connectivity index (χ4n) is 4.92. The van der Waals surface area contributed by atoms with Gasteiger partial charge in [-0.1, -0.05) is 25.1 Å². The van der Waals surface area contributed by atoms with Crippen molar-refractivity contribution in [1.82, 2.24) is 0 Å². The second kappa shape index (κ2) is 8.47. The van der Waals surface area contributed by atoms with Crippen LogP contribution in [-0.4, -0.2) is 6.10 Å². The Balaban J connectivity index is 1.80. The molecular formula is C27H34FNO. The lowest BCUT2D eigenvalue weighted by atomic mass is 9.72. The summed E-state index contributed by atoms with van der Waals surface area (Å²) in [6, 6.07) is 6.31. The number of nitrogens with two attached hydrogens (primary N) is 1. The van der Waals surface area contributed by atoms with E-state index in [4.69, 9.17) is 10.5 Å². The molecule has 1 aromatic rings. The summed E-state index contributed by atoms with van der Waals surface area (Å²) in [6.45, 7) is 7.89. The molecule has 0 aromatic heterocycles. The van der Waals surface area contributed by atoms with Gasteiger partial charge in [0.15, 0.2) is 0 Å². The van der Waals surface area contributed by atoms with Crippen LogP contribution in [0.15, 0.2) is 53.7 Å². The zero-order valence-corrected chi connectivity index (χ0v) is 18.4. The maximum absolute atomic E-state index is 15.1. The third-order valence-corrected chi connectivity index (χ3v) is 7.26. The van der Waals surface area contributed by atoms with E-state index in [1.807, 2.05) is 0 Å². The minimum Gasteiger partial charge on any atom is -0.490 e. The van der Waals surface area contributed by atoms with Gasteiger partial charge in [0, 0.05) is 17.4 Å². The maximum atomic E-state index is 15.1. The van der Waals surface area contributed by atoms with E-state index in [1.165, 1.54) is 19.3 Å². The molecule has 0 saturated heterocycles. The van der Waals surface area contributed by atoms with Gasteiger partial charge in [-0.3, -0.25) is 0 Å². The molecule has 2 nitrogen and oxygen atoms in total. The average molecular weight is 408 g/mol. The third-order valence-electron chi connectivity index (χ3n) is 7.26. The summed E-state index contributed by atoms with van der Waals surface area (Å²) in [5, 5.41) is 0. The highest BCUT2D eigenvalue weighted by molar-refractivity contribution is 5.84. The van der Waals surface area contributed by atoms with Crippen LogP contribution in [0.2, 0.25) is 0 Å². The summed E-state index contributed by atoms with van der Waals surface area (Å²) < 4.78 is 21.5. The molecule has 0 bridgehead atoms. The van der Waals surface area contributed by atoms with Gasteiger partial charge < -0.3 is 10.5 Å². The molecule has 3 aliphatic rings. The normalized spacial score (nSPS) is 20.6. The van der Waals surface area contributed by atoms with Crippen LogP contribution < -0.4 is 10.5 Å². The monoisotopic (exact) mass is 407 g/mol. The Kier molecular flexibility index (Phi) is 5.93. The summed E-state index contributed by atoms with van der Waals surface area (Å²) in [7, 11) is 0. The first-order valence-corrected chi connectivity index (χ1v) is 11.5. The number of allylic oxidation sites excluding steroid dienone is 5. The molecule has 30 heavy (non-hydrogen) atoms. The van der Waals surface area contributed by atoms with E-state index in [1.54, 1.807) is 0 Å². The molecule has 0 aliphatic heterocycles. The zero-order chi connectivity index (χ0) is 21.3. The molecule has 0 heterocycles. The van der Waals surface area contributed by atoms with Crippen molar-refractivity contribution in [3.63, 3.8) is 0 Å². The van der Waals surface area contributed by atoms with Crippen molar-refractivity contribution in [1.29, 1.82) is 0 Å². The van der Waals surface area contributed by atoms with Crippen molar-refractivity contribution in [3.8, 4) is 5.75 Å². The van der Waals surface area contributed by atoms with Gasteiger partial charge in [0.1, 0.15) is 11.6 Å². The van der Waals surface area contributed by atoms with Gasteiger partial charge in [-0.05, 0) is 93.6 Å². The first-order chi connectivity index (χ1) is 14.4. The van der Waals surface area contributed by atoms with Crippen molar-refractivity contribution in [2.24, 2.45) is 11.7 Å². The molecule has 3 aliphatic carbocycles. The van der Waals surface area contributed by atoms with Crippen molar-refractivity contribution < 1.29 is 9.13 Å². The Morgan fingerprint density at radius 2 is 1.90 bits per heavy atom. The van der Waals surface area contributed by atoms with Gasteiger partial charge in [-0.15, -0.1) is 5.73 Å². The number of ether oxygens (including phenoxy) is 1. The van der Waals surface area contributed by atoms with Gasteiger partial charge in [0.25, 0.3) is 0 Å². The molecule has 0 unspecified atom stereocenters. The average Bonchev–Trinajstić information content (AvgIpc) is 3.21. The predicted octanol–water partition coefficient (Wildman–Crippen LogP) is 7.11. The molecular weight excluding hydrogens is 373 g/mol. The van der Waals surface area contributed by atoms with Crippen LogP contribution in [-0.2, 0) is 5.41 Å². The van der Waals surface area contributed by atoms with Crippen LogP contribution >= 0.6 is 0 Å². The smallest absolute Gasteiger partial charge is 0.127 e. The van der Waals surface area contributed by atoms with E-state index in [2.05, 4.69) is 50.4 Å². The third kappa shape index (κ3) is 3.88. The molecule has 0 spiro atoms. The van der Waals surface area contributed by atoms with Gasteiger partial charge in [0.05, 0.1) is 11.8 Å². The minimum absolute atomic E-state index is 0.0687. The molecule has 160 valence electrons. The quantitative estimate of drug-likeness (QED) is 0.510. The van der Waals surface area contributed by atoms with E-state index < -0.39 is 5.41 Å². The lowest BCUT2D eigenvalue weighted by molar-refractivity contribution is 0.209. The molecule has 2 N–H and O–H groups in total. The number of benzene rings is 1. The summed E-state index contributed by atoms with van der Waals surface area (Å²) in [5.74, 6) is 1.28. The Morgan fingerprint density at radius 3 is 2.53 bits per heavy atom. The highest BCUT2D eigenvalue weighted by Crippen LogP contribution is 2.48. The van der Waals surface area contributed by atoms with E-state index in [-0.39, 0.29) is 11.9 Å². The van der Waals surface area contributed by atoms with E-state index in [0.717, 1.165) is 60.1 Å². The second-order valence-electron chi connectivity index (χ2n) is 9.55. The first kappa shape index (κ1) is 21.0. The summed E-state index contributed by atoms with van der Waals surface area (Å²) in [5.41, 5.74) is 13.3. The van der Waals surface area contributed by atoms with Crippen LogP contribution in [0.25, 0.3) is 5.57 Å². The van der Waals surface area contributed by atoms with Crippen molar-refractivity contribution in [3.05, 3.63) is 64.8 Å². The van der Waals surface area contributed by atoms with Crippen LogP contribution in [0, 0.1) is 5.92 Å². The maximum Gasteiger partial charge on any atom is 0.127 e. The molecule has 2 saturated carbocycles. The Hall–Kier alpha value is -2.25. The summed E-state index contributed by atoms with van der Waals surface area (Å²) in [6.07, 6.45) is 11.7. The predicted molar refractivity (Wildman–Crippen MR) is 122 cm³/mol. The fourth-order valence-corrected chi connectivity index (χ4v) is 4.92. The topological polar surface area (TPSA) is 35.2 Å². The molecule has 0 amide bonds. The lowest BCUT2D eigenvalue weighted by Crippen LogP contribution is -2.26. The highest BCUT2D eigenvalue weighted by atomic mass is 19.1. The second-order valence-corrected chi connectivity index (χ2v) is 9.55. The fraction of sp³-hybridized carbons (Fsp3) is 0.519. The first-order valence-electron chi connectivity index (χ1n) is 11.5. The highest BCUT2D eigenvalue weighted by Gasteiger charge is 2.33. The summed E-state index contributed by atoms with van der Waals surface area (Å²) in [4.78, 5) is 0. The molecule has 1 aromatic carbocycles. The number of halogens is 1. The molecule has 0 radical (unpaired) electrons. The number of rotatable bonds is 6. The molecule has 3 heteroatoms. The van der Waals surface area contributed by atoms with E-state index in [9.17, 15) is 0 Å². The Bertz CT molecular complexity index is 922. The van der Waals surface area contributed by atoms with Gasteiger partial charge in [-0.2, -0.15) is 0 Å². The van der Waals surface area contributed by atoms with Crippen molar-refractivity contribution in [2.75, 3.05) is 0 Å². The van der Waals surface area contributed by atoms with Crippen molar-refractivity contribution >= 4 is 5.57 Å². The summed E-state index contributed by atoms with van der Waals surface area (Å²) >= 11 is 0. The minimum atomic E-state index is -0.406. The molecule has 0 atom stereocenters. The van der Waals surface area contributed by atoms with E-state index in [0.29, 0.717) is 18.0 Å². The van der Waals surface area contributed by atoms with Crippen LogP contribution in [0.4, 0.5) is 4.39 Å². The Labute approximate surface area is 180 Å². The van der Waals surface area contributed by atoms with Crippen LogP contribution in [0.1, 0.15) is 82.8 Å². The largest absolute Gasteiger partial charge is 0.490 e. The SMILES string of the molecule is C=C=C(N)C(C)(C)c1ccc(OC2CCCC2)c(C2=CCCC(F)=C2C2CCC2)c1. The standard InChI is InChI=1S/C27H34FNO/c1-4-25(29)27(2,3)19-15-16-24(30-20-11-5-6-12-20)22(17-19)21-13-8-14-23(28)26(21)18-9-7-10-18/h13,15-18,20H,1,5-12,14,29H2,2-3H3. The van der Waals surface area contributed by atoms with Crippen molar-refractivity contribution in [2.45, 2.75) is 83.2 Å². The van der Waals surface area contributed by atoms with E-state index >= 15 is 4.39 Å². The Morgan fingerprint density at radius 1 is 1.17 bits per heavy atom. The number of hydrogen-bond donors (Lipinski definition) is 1. The molecule has 2 fully saturated rings. The van der Waals surface area contributed by atoms with Crippen LogP contribution in [0.3, 0.4) is 0 Å². The molecule has 4 rings (SSSR count).